The second-order valence-electron chi connectivity index (χ2n) is 8.06. The summed E-state index contributed by atoms with van der Waals surface area (Å²) in [5.74, 6) is -2.28. The zero-order chi connectivity index (χ0) is 25.1. The van der Waals surface area contributed by atoms with Crippen molar-refractivity contribution in [3.05, 3.63) is 77.6 Å². The summed E-state index contributed by atoms with van der Waals surface area (Å²) in [5.41, 5.74) is 1.92. The summed E-state index contributed by atoms with van der Waals surface area (Å²) in [5, 5.41) is 30.1. The third kappa shape index (κ3) is 5.19. The molecule has 11 heteroatoms. The van der Waals surface area contributed by atoms with Crippen molar-refractivity contribution in [2.75, 3.05) is 11.6 Å². The number of benzene rings is 2. The molecule has 3 atom stereocenters. The third-order valence-corrected chi connectivity index (χ3v) is 5.90. The molecule has 10 nitrogen and oxygen atoms in total. The van der Waals surface area contributed by atoms with E-state index in [0.29, 0.717) is 10.7 Å². The molecule has 0 radical (unpaired) electrons. The fourth-order valence-corrected chi connectivity index (χ4v) is 3.98. The van der Waals surface area contributed by atoms with Crippen molar-refractivity contribution < 1.29 is 24.6 Å². The Hall–Kier alpha value is -3.73. The molecule has 182 valence electrons. The topological polar surface area (TPSA) is 128 Å². The molecule has 0 saturated carbocycles. The van der Waals surface area contributed by atoms with Gasteiger partial charge >= 0.3 is 0 Å². The molecular weight excluding hydrogens is 474 g/mol. The monoisotopic (exact) mass is 497 g/mol. The molecule has 35 heavy (non-hydrogen) atoms. The van der Waals surface area contributed by atoms with Crippen LogP contribution in [-0.2, 0) is 14.4 Å². The molecule has 1 saturated heterocycles. The molecule has 3 N–H and O–H groups in total. The summed E-state index contributed by atoms with van der Waals surface area (Å²) in [4.78, 5) is 37.9. The number of aromatic nitrogens is 2. The first kappa shape index (κ1) is 24.4. The van der Waals surface area contributed by atoms with Crippen molar-refractivity contribution in [2.24, 2.45) is 0 Å². The van der Waals surface area contributed by atoms with Crippen LogP contribution in [0.5, 0.6) is 0 Å². The van der Waals surface area contributed by atoms with E-state index in [2.05, 4.69) is 10.4 Å². The summed E-state index contributed by atoms with van der Waals surface area (Å²) in [6.45, 7) is 1.70. The van der Waals surface area contributed by atoms with Gasteiger partial charge in [-0.2, -0.15) is 5.10 Å². The lowest BCUT2D eigenvalue weighted by molar-refractivity contribution is -0.153. The van der Waals surface area contributed by atoms with Crippen LogP contribution in [0.3, 0.4) is 0 Å². The van der Waals surface area contributed by atoms with Gasteiger partial charge in [-0.1, -0.05) is 29.8 Å². The largest absolute Gasteiger partial charge is 0.380 e. The summed E-state index contributed by atoms with van der Waals surface area (Å²) in [6, 6.07) is 14.9. The van der Waals surface area contributed by atoms with Crippen LogP contribution in [0.1, 0.15) is 24.9 Å². The van der Waals surface area contributed by atoms with Gasteiger partial charge in [-0.15, -0.1) is 0 Å². The van der Waals surface area contributed by atoms with Crippen molar-refractivity contribution in [3.63, 3.8) is 0 Å². The lowest BCUT2D eigenvalue weighted by Crippen LogP contribution is -2.54. The minimum absolute atomic E-state index is 0.00537. The molecule has 2 heterocycles. The zero-order valence-corrected chi connectivity index (χ0v) is 19.5. The standard InChI is InChI=1S/C24H24ClN5O5/c1-15(16-6-8-18(9-7-16)28-12-3-11-26-28)27-23(34)21(32)22(33)24(35)29-13-10-20(31)30(29)19-5-2-4-17(25)14-19/h2-9,11-12,14-15,21-22,32-33H,10,13H2,1H3,(H,27,34)/t15-,21-,22-/m1/s1. The Kier molecular flexibility index (Phi) is 7.15. The predicted molar refractivity (Wildman–Crippen MR) is 127 cm³/mol. The quantitative estimate of drug-likeness (QED) is 0.455. The molecule has 0 bridgehead atoms. The number of halogens is 1. The van der Waals surface area contributed by atoms with Gasteiger partial charge in [-0.05, 0) is 48.9 Å². The third-order valence-electron chi connectivity index (χ3n) is 5.66. The Bertz CT molecular complexity index is 1220. The average Bonchev–Trinajstić information content (AvgIpc) is 3.53. The van der Waals surface area contributed by atoms with Gasteiger partial charge in [0.25, 0.3) is 11.8 Å². The van der Waals surface area contributed by atoms with Gasteiger partial charge in [0.1, 0.15) is 0 Å². The van der Waals surface area contributed by atoms with E-state index >= 15 is 0 Å². The van der Waals surface area contributed by atoms with Gasteiger partial charge in [0, 0.05) is 23.8 Å². The SMILES string of the molecule is C[C@@H](NC(=O)[C@H](O)[C@@H](O)C(=O)N1CCC(=O)N1c1cccc(Cl)c1)c1ccc(-n2cccn2)cc1. The summed E-state index contributed by atoms with van der Waals surface area (Å²) in [6.07, 6.45) is -0.617. The normalized spacial score (nSPS) is 16.2. The Balaban J connectivity index is 1.40. The molecule has 0 spiro atoms. The fraction of sp³-hybridized carbons (Fsp3) is 0.250. The molecule has 1 aliphatic rings. The predicted octanol–water partition coefficient (Wildman–Crippen LogP) is 1.61. The smallest absolute Gasteiger partial charge is 0.273 e. The van der Waals surface area contributed by atoms with Gasteiger partial charge < -0.3 is 15.5 Å². The number of aliphatic hydroxyl groups is 2. The fourth-order valence-electron chi connectivity index (χ4n) is 3.79. The van der Waals surface area contributed by atoms with Crippen LogP contribution < -0.4 is 10.3 Å². The van der Waals surface area contributed by atoms with Crippen molar-refractivity contribution in [1.29, 1.82) is 0 Å². The zero-order valence-electron chi connectivity index (χ0n) is 18.8. The summed E-state index contributed by atoms with van der Waals surface area (Å²) >= 11 is 6.00. The molecule has 3 aromatic rings. The maximum atomic E-state index is 12.9. The number of amides is 3. The molecule has 4 rings (SSSR count). The molecule has 0 aliphatic carbocycles. The van der Waals surface area contributed by atoms with Gasteiger partial charge in [0.15, 0.2) is 12.2 Å². The van der Waals surface area contributed by atoms with Crippen molar-refractivity contribution in [1.82, 2.24) is 20.1 Å². The van der Waals surface area contributed by atoms with Gasteiger partial charge in [-0.25, -0.2) is 14.7 Å². The van der Waals surface area contributed by atoms with Crippen LogP contribution in [0, 0.1) is 0 Å². The summed E-state index contributed by atoms with van der Waals surface area (Å²) < 4.78 is 1.69. The second-order valence-corrected chi connectivity index (χ2v) is 8.50. The molecule has 1 fully saturated rings. The minimum Gasteiger partial charge on any atom is -0.380 e. The van der Waals surface area contributed by atoms with Crippen LogP contribution in [-0.4, -0.2) is 61.5 Å². The number of aliphatic hydroxyl groups excluding tert-OH is 2. The van der Waals surface area contributed by atoms with E-state index in [1.807, 2.05) is 12.1 Å². The molecule has 1 aromatic heterocycles. The number of carbonyl (C=O) groups excluding carboxylic acids is 3. The first-order valence-electron chi connectivity index (χ1n) is 10.9. The van der Waals surface area contributed by atoms with E-state index in [4.69, 9.17) is 11.6 Å². The minimum atomic E-state index is -2.07. The number of hydrazine groups is 1. The molecule has 2 aromatic carbocycles. The number of carbonyl (C=O) groups is 3. The molecule has 0 unspecified atom stereocenters. The highest BCUT2D eigenvalue weighted by Crippen LogP contribution is 2.26. The maximum Gasteiger partial charge on any atom is 0.273 e. The van der Waals surface area contributed by atoms with Crippen molar-refractivity contribution in [2.45, 2.75) is 31.6 Å². The lowest BCUT2D eigenvalue weighted by Gasteiger charge is -2.30. The Morgan fingerprint density at radius 2 is 1.80 bits per heavy atom. The highest BCUT2D eigenvalue weighted by Gasteiger charge is 2.41. The van der Waals surface area contributed by atoms with Crippen molar-refractivity contribution >= 4 is 35.0 Å². The first-order valence-corrected chi connectivity index (χ1v) is 11.3. The van der Waals surface area contributed by atoms with E-state index in [1.54, 1.807) is 60.4 Å². The number of hydrogen-bond acceptors (Lipinski definition) is 6. The molecule has 1 aliphatic heterocycles. The number of hydrogen-bond donors (Lipinski definition) is 3. The Morgan fingerprint density at radius 3 is 2.46 bits per heavy atom. The van der Waals surface area contributed by atoms with Crippen LogP contribution in [0.4, 0.5) is 5.69 Å². The van der Waals surface area contributed by atoms with E-state index in [-0.39, 0.29) is 18.9 Å². The van der Waals surface area contributed by atoms with Gasteiger partial charge in [0.2, 0.25) is 5.91 Å². The highest BCUT2D eigenvalue weighted by molar-refractivity contribution is 6.31. The van der Waals surface area contributed by atoms with Crippen molar-refractivity contribution in [3.8, 4) is 5.69 Å². The van der Waals surface area contributed by atoms with E-state index in [1.165, 1.54) is 6.07 Å². The number of anilines is 1. The van der Waals surface area contributed by atoms with E-state index in [0.717, 1.165) is 21.3 Å². The van der Waals surface area contributed by atoms with Crippen LogP contribution >= 0.6 is 11.6 Å². The van der Waals surface area contributed by atoms with Crippen LogP contribution in [0.15, 0.2) is 67.0 Å². The van der Waals surface area contributed by atoms with E-state index in [9.17, 15) is 24.6 Å². The lowest BCUT2D eigenvalue weighted by atomic mass is 10.1. The highest BCUT2D eigenvalue weighted by atomic mass is 35.5. The second kappa shape index (κ2) is 10.3. The van der Waals surface area contributed by atoms with Gasteiger partial charge in [-0.3, -0.25) is 14.4 Å². The van der Waals surface area contributed by atoms with Crippen LogP contribution in [0.25, 0.3) is 5.69 Å². The Labute approximate surface area is 206 Å². The first-order chi connectivity index (χ1) is 16.8. The van der Waals surface area contributed by atoms with E-state index < -0.39 is 30.1 Å². The van der Waals surface area contributed by atoms with Gasteiger partial charge in [0.05, 0.1) is 24.0 Å². The maximum absolute atomic E-state index is 12.9. The Morgan fingerprint density at radius 1 is 1.06 bits per heavy atom. The summed E-state index contributed by atoms with van der Waals surface area (Å²) in [7, 11) is 0. The molecule has 3 amide bonds. The van der Waals surface area contributed by atoms with Crippen LogP contribution in [0.2, 0.25) is 5.02 Å². The molecular formula is C24H24ClN5O5. The number of nitrogens with zero attached hydrogens (tertiary/aromatic N) is 4. The number of nitrogens with one attached hydrogen (secondary N) is 1. The average molecular weight is 498 g/mol. The number of rotatable bonds is 7.